The van der Waals surface area contributed by atoms with Crippen molar-refractivity contribution in [2.75, 3.05) is 18.0 Å². The fourth-order valence-electron chi connectivity index (χ4n) is 2.28. The van der Waals surface area contributed by atoms with Crippen LogP contribution >= 0.6 is 0 Å². The summed E-state index contributed by atoms with van der Waals surface area (Å²) in [6.07, 6.45) is 2.68. The lowest BCUT2D eigenvalue weighted by molar-refractivity contribution is 0.293. The third-order valence-corrected chi connectivity index (χ3v) is 3.02. The topological polar surface area (TPSA) is 3.24 Å². The van der Waals surface area contributed by atoms with Gasteiger partial charge in [0.25, 0.3) is 0 Å². The zero-order valence-corrected chi connectivity index (χ0v) is 9.16. The van der Waals surface area contributed by atoms with E-state index in [2.05, 4.69) is 49.1 Å². The van der Waals surface area contributed by atoms with Gasteiger partial charge in [0.2, 0.25) is 0 Å². The summed E-state index contributed by atoms with van der Waals surface area (Å²) in [5, 5.41) is 0. The minimum Gasteiger partial charge on any atom is -0.371 e. The standard InChI is InChI=1S/C13H19N/c1-13(2)9-6-10-14(11-13)12-7-4-3-5-8-12/h3-5,7-8H,6,9-11H2,1-2H3. The van der Waals surface area contributed by atoms with Crippen molar-refractivity contribution in [2.45, 2.75) is 26.7 Å². The second-order valence-electron chi connectivity index (χ2n) is 5.02. The molecule has 0 radical (unpaired) electrons. The number of rotatable bonds is 1. The van der Waals surface area contributed by atoms with Gasteiger partial charge >= 0.3 is 0 Å². The second-order valence-corrected chi connectivity index (χ2v) is 5.02. The number of piperidine rings is 1. The van der Waals surface area contributed by atoms with E-state index >= 15 is 0 Å². The Labute approximate surface area is 86.7 Å². The quantitative estimate of drug-likeness (QED) is 0.655. The molecule has 1 aliphatic rings. The Morgan fingerprint density at radius 3 is 2.50 bits per heavy atom. The molecule has 0 N–H and O–H groups in total. The summed E-state index contributed by atoms with van der Waals surface area (Å²) in [6.45, 7) is 7.13. The molecule has 0 aliphatic carbocycles. The van der Waals surface area contributed by atoms with Crippen LogP contribution in [0.5, 0.6) is 0 Å². The van der Waals surface area contributed by atoms with Gasteiger partial charge in [0.15, 0.2) is 0 Å². The molecule has 2 rings (SSSR count). The van der Waals surface area contributed by atoms with Gasteiger partial charge in [-0.05, 0) is 30.4 Å². The predicted octanol–water partition coefficient (Wildman–Crippen LogP) is 3.31. The maximum absolute atomic E-state index is 2.50. The molecule has 1 heteroatoms. The molecular weight excluding hydrogens is 170 g/mol. The number of nitrogens with zero attached hydrogens (tertiary/aromatic N) is 1. The Bertz CT molecular complexity index is 289. The first-order valence-corrected chi connectivity index (χ1v) is 5.47. The van der Waals surface area contributed by atoms with Crippen LogP contribution in [0.3, 0.4) is 0 Å². The van der Waals surface area contributed by atoms with Gasteiger partial charge in [0.1, 0.15) is 0 Å². The Kier molecular flexibility index (Phi) is 2.49. The van der Waals surface area contributed by atoms with Gasteiger partial charge in [-0.3, -0.25) is 0 Å². The van der Waals surface area contributed by atoms with Crippen LogP contribution in [0.2, 0.25) is 0 Å². The molecule has 1 aliphatic heterocycles. The van der Waals surface area contributed by atoms with E-state index in [9.17, 15) is 0 Å². The van der Waals surface area contributed by atoms with E-state index < -0.39 is 0 Å². The minimum absolute atomic E-state index is 0.480. The third kappa shape index (κ3) is 2.09. The SMILES string of the molecule is CC1(C)CCCN(c2ccccc2)C1. The van der Waals surface area contributed by atoms with E-state index in [0.717, 1.165) is 0 Å². The van der Waals surface area contributed by atoms with Crippen LogP contribution in [0.4, 0.5) is 5.69 Å². The van der Waals surface area contributed by atoms with E-state index in [1.54, 1.807) is 0 Å². The molecule has 0 spiro atoms. The molecule has 0 saturated carbocycles. The average Bonchev–Trinajstić information content (AvgIpc) is 2.18. The van der Waals surface area contributed by atoms with Gasteiger partial charge in [-0.25, -0.2) is 0 Å². The number of anilines is 1. The maximum Gasteiger partial charge on any atom is 0.0366 e. The van der Waals surface area contributed by atoms with E-state index in [-0.39, 0.29) is 0 Å². The van der Waals surface area contributed by atoms with Crippen molar-refractivity contribution in [3.05, 3.63) is 30.3 Å². The molecule has 14 heavy (non-hydrogen) atoms. The van der Waals surface area contributed by atoms with Crippen LogP contribution in [0.1, 0.15) is 26.7 Å². The van der Waals surface area contributed by atoms with Gasteiger partial charge in [0, 0.05) is 18.8 Å². The highest BCUT2D eigenvalue weighted by Gasteiger charge is 2.26. The summed E-state index contributed by atoms with van der Waals surface area (Å²) in [4.78, 5) is 2.50. The number of para-hydroxylation sites is 1. The third-order valence-electron chi connectivity index (χ3n) is 3.02. The molecule has 76 valence electrons. The van der Waals surface area contributed by atoms with E-state index in [4.69, 9.17) is 0 Å². The first-order valence-electron chi connectivity index (χ1n) is 5.47. The molecule has 1 fully saturated rings. The molecule has 0 aromatic heterocycles. The highest BCUT2D eigenvalue weighted by Crippen LogP contribution is 2.31. The lowest BCUT2D eigenvalue weighted by Crippen LogP contribution is -2.40. The van der Waals surface area contributed by atoms with Crippen LogP contribution in [0, 0.1) is 5.41 Å². The van der Waals surface area contributed by atoms with Crippen LogP contribution in [-0.4, -0.2) is 13.1 Å². The van der Waals surface area contributed by atoms with Gasteiger partial charge in [-0.15, -0.1) is 0 Å². The summed E-state index contributed by atoms with van der Waals surface area (Å²) in [5.74, 6) is 0. The van der Waals surface area contributed by atoms with Gasteiger partial charge in [-0.2, -0.15) is 0 Å². The Hall–Kier alpha value is -0.980. The van der Waals surface area contributed by atoms with Crippen molar-refractivity contribution in [3.8, 4) is 0 Å². The van der Waals surface area contributed by atoms with Crippen LogP contribution in [0.15, 0.2) is 30.3 Å². The Balaban J connectivity index is 2.12. The van der Waals surface area contributed by atoms with E-state index in [0.29, 0.717) is 5.41 Å². The fraction of sp³-hybridized carbons (Fsp3) is 0.538. The summed E-state index contributed by atoms with van der Waals surface area (Å²) < 4.78 is 0. The van der Waals surface area contributed by atoms with E-state index in [1.165, 1.54) is 31.6 Å². The maximum atomic E-state index is 2.50. The van der Waals surface area contributed by atoms with Crippen LogP contribution in [-0.2, 0) is 0 Å². The smallest absolute Gasteiger partial charge is 0.0366 e. The first kappa shape index (κ1) is 9.57. The fourth-order valence-corrected chi connectivity index (χ4v) is 2.28. The summed E-state index contributed by atoms with van der Waals surface area (Å²) in [6, 6.07) is 10.7. The van der Waals surface area contributed by atoms with Crippen LogP contribution < -0.4 is 4.90 Å². The molecule has 0 atom stereocenters. The predicted molar refractivity (Wildman–Crippen MR) is 61.7 cm³/mol. The Morgan fingerprint density at radius 2 is 1.86 bits per heavy atom. The molecule has 1 heterocycles. The second kappa shape index (κ2) is 3.64. The van der Waals surface area contributed by atoms with Crippen molar-refractivity contribution in [1.29, 1.82) is 0 Å². The normalized spacial score (nSPS) is 20.9. The summed E-state index contributed by atoms with van der Waals surface area (Å²) in [7, 11) is 0. The zero-order chi connectivity index (χ0) is 10.0. The Morgan fingerprint density at radius 1 is 1.14 bits per heavy atom. The van der Waals surface area contributed by atoms with E-state index in [1.807, 2.05) is 0 Å². The lowest BCUT2D eigenvalue weighted by atomic mass is 9.84. The largest absolute Gasteiger partial charge is 0.371 e. The van der Waals surface area contributed by atoms with Gasteiger partial charge < -0.3 is 4.90 Å². The molecular formula is C13H19N. The molecule has 0 bridgehead atoms. The van der Waals surface area contributed by atoms with Gasteiger partial charge in [-0.1, -0.05) is 32.0 Å². The van der Waals surface area contributed by atoms with Gasteiger partial charge in [0.05, 0.1) is 0 Å². The van der Waals surface area contributed by atoms with Crippen molar-refractivity contribution < 1.29 is 0 Å². The van der Waals surface area contributed by atoms with Crippen molar-refractivity contribution in [1.82, 2.24) is 0 Å². The minimum atomic E-state index is 0.480. The molecule has 1 aromatic rings. The highest BCUT2D eigenvalue weighted by molar-refractivity contribution is 5.46. The monoisotopic (exact) mass is 189 g/mol. The number of hydrogen-bond acceptors (Lipinski definition) is 1. The van der Waals surface area contributed by atoms with Crippen LogP contribution in [0.25, 0.3) is 0 Å². The van der Waals surface area contributed by atoms with Crippen molar-refractivity contribution >= 4 is 5.69 Å². The molecule has 0 unspecified atom stereocenters. The summed E-state index contributed by atoms with van der Waals surface area (Å²) >= 11 is 0. The van der Waals surface area contributed by atoms with Crippen molar-refractivity contribution in [3.63, 3.8) is 0 Å². The molecule has 1 aromatic carbocycles. The van der Waals surface area contributed by atoms with Crippen molar-refractivity contribution in [2.24, 2.45) is 5.41 Å². The summed E-state index contributed by atoms with van der Waals surface area (Å²) in [5.41, 5.74) is 1.86. The number of benzene rings is 1. The molecule has 1 nitrogen and oxygen atoms in total. The highest BCUT2D eigenvalue weighted by atomic mass is 15.1. The first-order chi connectivity index (χ1) is 6.67. The average molecular weight is 189 g/mol. The zero-order valence-electron chi connectivity index (χ0n) is 9.16. The lowest BCUT2D eigenvalue weighted by Gasteiger charge is -2.39. The molecule has 0 amide bonds. The number of hydrogen-bond donors (Lipinski definition) is 0. The molecule has 1 saturated heterocycles.